The first-order valence-corrected chi connectivity index (χ1v) is 6.03. The van der Waals surface area contributed by atoms with E-state index in [1.54, 1.807) is 6.20 Å². The van der Waals surface area contributed by atoms with Gasteiger partial charge in [-0.2, -0.15) is 4.98 Å². The summed E-state index contributed by atoms with van der Waals surface area (Å²) >= 11 is 0. The molecule has 6 nitrogen and oxygen atoms in total. The van der Waals surface area contributed by atoms with Crippen LogP contribution in [0.25, 0.3) is 0 Å². The van der Waals surface area contributed by atoms with Crippen molar-refractivity contribution in [3.63, 3.8) is 0 Å². The van der Waals surface area contributed by atoms with Crippen LogP contribution in [0.2, 0.25) is 0 Å². The largest absolute Gasteiger partial charge is 0.480 e. The average molecular weight is 251 g/mol. The monoisotopic (exact) mass is 251 g/mol. The van der Waals surface area contributed by atoms with E-state index in [0.29, 0.717) is 24.7 Å². The highest BCUT2D eigenvalue weighted by atomic mass is 16.5. The van der Waals surface area contributed by atoms with Gasteiger partial charge in [0.05, 0.1) is 26.0 Å². The molecule has 0 radical (unpaired) electrons. The Morgan fingerprint density at radius 3 is 3.00 bits per heavy atom. The Kier molecular flexibility index (Phi) is 3.96. The van der Waals surface area contributed by atoms with Crippen LogP contribution in [0.3, 0.4) is 0 Å². The molecular formula is C12H17N3O3. The molecule has 2 rings (SSSR count). The van der Waals surface area contributed by atoms with Gasteiger partial charge in [-0.25, -0.2) is 0 Å². The molecular weight excluding hydrogens is 234 g/mol. The normalized spacial score (nSPS) is 18.8. The van der Waals surface area contributed by atoms with E-state index in [4.69, 9.17) is 9.47 Å². The van der Waals surface area contributed by atoms with Crippen LogP contribution in [0.4, 0.5) is 0 Å². The van der Waals surface area contributed by atoms with Crippen LogP contribution in [0.5, 0.6) is 11.8 Å². The fraction of sp³-hybridized carbons (Fsp3) is 0.583. The van der Waals surface area contributed by atoms with Crippen molar-refractivity contribution in [3.8, 4) is 11.8 Å². The number of methoxy groups -OCH3 is 1. The molecule has 1 aromatic heterocycles. The van der Waals surface area contributed by atoms with E-state index in [-0.39, 0.29) is 12.0 Å². The summed E-state index contributed by atoms with van der Waals surface area (Å²) in [5, 5.41) is 0. The molecule has 18 heavy (non-hydrogen) atoms. The number of amides is 1. The Morgan fingerprint density at radius 1 is 1.50 bits per heavy atom. The Hall–Kier alpha value is -1.85. The van der Waals surface area contributed by atoms with E-state index >= 15 is 0 Å². The Balaban J connectivity index is 1.92. The van der Waals surface area contributed by atoms with Crippen molar-refractivity contribution < 1.29 is 14.3 Å². The van der Waals surface area contributed by atoms with Crippen molar-refractivity contribution in [1.29, 1.82) is 0 Å². The SMILES string of the molecule is CCC(=O)N1CCC(Oc2cncc(OC)n2)C1. The second-order valence-corrected chi connectivity index (χ2v) is 4.12. The molecule has 6 heteroatoms. The maximum absolute atomic E-state index is 11.5. The highest BCUT2D eigenvalue weighted by Crippen LogP contribution is 2.18. The minimum absolute atomic E-state index is 0.0121. The van der Waals surface area contributed by atoms with Gasteiger partial charge in [-0.3, -0.25) is 9.78 Å². The van der Waals surface area contributed by atoms with Gasteiger partial charge in [0.25, 0.3) is 0 Å². The summed E-state index contributed by atoms with van der Waals surface area (Å²) < 4.78 is 10.7. The molecule has 0 N–H and O–H groups in total. The van der Waals surface area contributed by atoms with Crippen LogP contribution >= 0.6 is 0 Å². The number of nitrogens with zero attached hydrogens (tertiary/aromatic N) is 3. The first kappa shape index (κ1) is 12.6. The third-order valence-electron chi connectivity index (χ3n) is 2.89. The summed E-state index contributed by atoms with van der Waals surface area (Å²) in [6.45, 7) is 3.23. The zero-order valence-electron chi connectivity index (χ0n) is 10.6. The number of aromatic nitrogens is 2. The van der Waals surface area contributed by atoms with Crippen molar-refractivity contribution in [3.05, 3.63) is 12.4 Å². The van der Waals surface area contributed by atoms with Crippen LogP contribution < -0.4 is 9.47 Å². The van der Waals surface area contributed by atoms with Crippen molar-refractivity contribution in [2.75, 3.05) is 20.2 Å². The van der Waals surface area contributed by atoms with E-state index in [2.05, 4.69) is 9.97 Å². The van der Waals surface area contributed by atoms with Crippen LogP contribution in [0.15, 0.2) is 12.4 Å². The molecule has 1 atom stereocenters. The zero-order valence-corrected chi connectivity index (χ0v) is 10.6. The predicted molar refractivity (Wildman–Crippen MR) is 64.5 cm³/mol. The van der Waals surface area contributed by atoms with E-state index in [1.807, 2.05) is 11.8 Å². The van der Waals surface area contributed by atoms with Crippen LogP contribution in [0, 0.1) is 0 Å². The minimum atomic E-state index is -0.0121. The van der Waals surface area contributed by atoms with Crippen LogP contribution in [0.1, 0.15) is 19.8 Å². The number of carbonyl (C=O) groups is 1. The minimum Gasteiger partial charge on any atom is -0.480 e. The molecule has 0 saturated carbocycles. The molecule has 0 aromatic carbocycles. The van der Waals surface area contributed by atoms with Gasteiger partial charge < -0.3 is 14.4 Å². The van der Waals surface area contributed by atoms with Crippen molar-refractivity contribution in [1.82, 2.24) is 14.9 Å². The Morgan fingerprint density at radius 2 is 2.28 bits per heavy atom. The summed E-state index contributed by atoms with van der Waals surface area (Å²) in [5.74, 6) is 1.02. The molecule has 98 valence electrons. The molecule has 2 heterocycles. The third-order valence-corrected chi connectivity index (χ3v) is 2.89. The summed E-state index contributed by atoms with van der Waals surface area (Å²) in [6.07, 6.45) is 4.42. The summed E-state index contributed by atoms with van der Waals surface area (Å²) in [6, 6.07) is 0. The van der Waals surface area contributed by atoms with Crippen LogP contribution in [-0.2, 0) is 4.79 Å². The molecule has 1 unspecified atom stereocenters. The Bertz CT molecular complexity index is 425. The summed E-state index contributed by atoms with van der Waals surface area (Å²) in [5.41, 5.74) is 0. The molecule has 1 aliphatic rings. The smallest absolute Gasteiger partial charge is 0.235 e. The maximum Gasteiger partial charge on any atom is 0.235 e. The predicted octanol–water partition coefficient (Wildman–Crippen LogP) is 0.875. The zero-order chi connectivity index (χ0) is 13.0. The molecule has 0 bridgehead atoms. The van der Waals surface area contributed by atoms with Gasteiger partial charge in [-0.1, -0.05) is 6.92 Å². The first-order valence-electron chi connectivity index (χ1n) is 6.03. The van der Waals surface area contributed by atoms with Gasteiger partial charge in [-0.15, -0.1) is 0 Å². The number of ether oxygens (including phenoxy) is 2. The van der Waals surface area contributed by atoms with E-state index < -0.39 is 0 Å². The molecule has 1 aromatic rings. The van der Waals surface area contributed by atoms with E-state index in [9.17, 15) is 4.79 Å². The fourth-order valence-corrected chi connectivity index (χ4v) is 1.93. The second kappa shape index (κ2) is 5.66. The molecule has 1 aliphatic heterocycles. The highest BCUT2D eigenvalue weighted by molar-refractivity contribution is 5.76. The van der Waals surface area contributed by atoms with Gasteiger partial charge >= 0.3 is 0 Å². The molecule has 0 spiro atoms. The van der Waals surface area contributed by atoms with E-state index in [1.165, 1.54) is 13.3 Å². The second-order valence-electron chi connectivity index (χ2n) is 4.12. The van der Waals surface area contributed by atoms with Crippen molar-refractivity contribution in [2.45, 2.75) is 25.9 Å². The van der Waals surface area contributed by atoms with Gasteiger partial charge in [0.1, 0.15) is 6.10 Å². The maximum atomic E-state index is 11.5. The lowest BCUT2D eigenvalue weighted by molar-refractivity contribution is -0.130. The lowest BCUT2D eigenvalue weighted by atomic mass is 10.3. The lowest BCUT2D eigenvalue weighted by Gasteiger charge is -2.16. The number of rotatable bonds is 4. The molecule has 1 fully saturated rings. The molecule has 0 aliphatic carbocycles. The topological polar surface area (TPSA) is 64.6 Å². The van der Waals surface area contributed by atoms with Gasteiger partial charge in [0.2, 0.25) is 17.7 Å². The number of likely N-dealkylation sites (tertiary alicyclic amines) is 1. The quantitative estimate of drug-likeness (QED) is 0.794. The van der Waals surface area contributed by atoms with Gasteiger partial charge in [0, 0.05) is 19.4 Å². The standard InChI is InChI=1S/C12H17N3O3/c1-3-12(16)15-5-4-9(8-15)18-11-7-13-6-10(14-11)17-2/h6-7,9H,3-5,8H2,1-2H3. The number of hydrogen-bond donors (Lipinski definition) is 0. The van der Waals surface area contributed by atoms with Gasteiger partial charge in [0.15, 0.2) is 0 Å². The number of carbonyl (C=O) groups excluding carboxylic acids is 1. The lowest BCUT2D eigenvalue weighted by Crippen LogP contribution is -2.30. The fourth-order valence-electron chi connectivity index (χ4n) is 1.93. The first-order chi connectivity index (χ1) is 8.72. The molecule has 1 amide bonds. The number of hydrogen-bond acceptors (Lipinski definition) is 5. The van der Waals surface area contributed by atoms with Crippen molar-refractivity contribution >= 4 is 5.91 Å². The highest BCUT2D eigenvalue weighted by Gasteiger charge is 2.27. The Labute approximate surface area is 106 Å². The van der Waals surface area contributed by atoms with E-state index in [0.717, 1.165) is 13.0 Å². The van der Waals surface area contributed by atoms with Gasteiger partial charge in [-0.05, 0) is 0 Å². The van der Waals surface area contributed by atoms with Crippen molar-refractivity contribution in [2.24, 2.45) is 0 Å². The third kappa shape index (κ3) is 2.88. The summed E-state index contributed by atoms with van der Waals surface area (Å²) in [7, 11) is 1.53. The van der Waals surface area contributed by atoms with Crippen LogP contribution in [-0.4, -0.2) is 47.1 Å². The summed E-state index contributed by atoms with van der Waals surface area (Å²) in [4.78, 5) is 21.5. The average Bonchev–Trinajstić information content (AvgIpc) is 2.86. The molecule has 1 saturated heterocycles.